The van der Waals surface area contributed by atoms with Crippen molar-refractivity contribution >= 4 is 35.8 Å². The average molecular weight is 733 g/mol. The van der Waals surface area contributed by atoms with Gasteiger partial charge in [0.1, 0.15) is 23.7 Å². The van der Waals surface area contributed by atoms with Crippen LogP contribution in [0.2, 0.25) is 0 Å². The molecule has 0 aromatic heterocycles. The third-order valence-corrected chi connectivity index (χ3v) is 8.85. The zero-order valence-electron chi connectivity index (χ0n) is 29.8. The van der Waals surface area contributed by atoms with Gasteiger partial charge in [-0.05, 0) is 74.2 Å². The van der Waals surface area contributed by atoms with E-state index in [-0.39, 0.29) is 24.0 Å². The van der Waals surface area contributed by atoms with Crippen molar-refractivity contribution in [3.05, 3.63) is 144 Å². The lowest BCUT2D eigenvalue weighted by Gasteiger charge is -2.33. The quantitative estimate of drug-likeness (QED) is 0.0909. The van der Waals surface area contributed by atoms with Crippen molar-refractivity contribution in [2.45, 2.75) is 37.9 Å². The Labute approximate surface area is 314 Å². The molecule has 12 heteroatoms. The minimum Gasteiger partial charge on any atom is -0.488 e. The lowest BCUT2D eigenvalue weighted by atomic mass is 10.1. The number of benzene rings is 4. The maximum atomic E-state index is 12.7. The van der Waals surface area contributed by atoms with Crippen molar-refractivity contribution in [1.82, 2.24) is 20.8 Å². The molecule has 2 saturated heterocycles. The normalized spacial score (nSPS) is 16.9. The number of hydrogen-bond donors (Lipinski definition) is 4. The molecule has 0 saturated carbocycles. The Morgan fingerprint density at radius 1 is 0.556 bits per heavy atom. The number of para-hydroxylation sites is 2. The van der Waals surface area contributed by atoms with Crippen molar-refractivity contribution in [3.8, 4) is 11.5 Å². The second-order valence-electron chi connectivity index (χ2n) is 12.7. The Morgan fingerprint density at radius 3 is 1.31 bits per heavy atom. The van der Waals surface area contributed by atoms with E-state index in [1.807, 2.05) is 119 Å². The summed E-state index contributed by atoms with van der Waals surface area (Å²) < 4.78 is 12.3. The fourth-order valence-corrected chi connectivity index (χ4v) is 6.18. The van der Waals surface area contributed by atoms with Gasteiger partial charge in [0.25, 0.3) is 23.6 Å². The first kappa shape index (κ1) is 39.0. The van der Waals surface area contributed by atoms with Gasteiger partial charge in [-0.15, -0.1) is 0 Å². The Hall–Kier alpha value is -6.24. The van der Waals surface area contributed by atoms with Crippen LogP contribution < -0.4 is 20.4 Å². The number of likely N-dealkylation sites (tertiary alicyclic amines) is 2. The van der Waals surface area contributed by atoms with Gasteiger partial charge in [-0.2, -0.15) is 0 Å². The number of ether oxygens (including phenoxy) is 2. The largest absolute Gasteiger partial charge is 0.488 e. The zero-order valence-corrected chi connectivity index (χ0v) is 29.8. The predicted octanol–water partition coefficient (Wildman–Crippen LogP) is 5.78. The second kappa shape index (κ2) is 20.1. The number of carbonyl (C=O) groups excluding carboxylic acids is 4. The Balaban J connectivity index is 0.000000208. The van der Waals surface area contributed by atoms with Crippen molar-refractivity contribution in [2.75, 3.05) is 26.2 Å². The predicted molar refractivity (Wildman–Crippen MR) is 203 cm³/mol. The van der Waals surface area contributed by atoms with Gasteiger partial charge in [-0.3, -0.25) is 29.6 Å². The molecule has 0 bridgehead atoms. The van der Waals surface area contributed by atoms with Crippen LogP contribution in [-0.2, 0) is 9.59 Å². The third-order valence-electron chi connectivity index (χ3n) is 8.85. The van der Waals surface area contributed by atoms with Gasteiger partial charge in [0, 0.05) is 47.5 Å². The van der Waals surface area contributed by atoms with Gasteiger partial charge >= 0.3 is 0 Å². The number of hydroxylamine groups is 2. The smallest absolute Gasteiger partial charge is 0.267 e. The Kier molecular flexibility index (Phi) is 14.5. The molecule has 2 fully saturated rings. The lowest BCUT2D eigenvalue weighted by Crippen LogP contribution is -2.44. The highest BCUT2D eigenvalue weighted by molar-refractivity contribution is 5.95. The summed E-state index contributed by atoms with van der Waals surface area (Å²) in [6.07, 6.45) is 8.83. The second-order valence-corrected chi connectivity index (χ2v) is 12.7. The third kappa shape index (κ3) is 11.4. The molecule has 2 aliphatic rings. The van der Waals surface area contributed by atoms with Crippen molar-refractivity contribution in [3.63, 3.8) is 0 Å². The number of nitrogens with one attached hydrogen (secondary N) is 2. The van der Waals surface area contributed by atoms with Gasteiger partial charge in [0.05, 0.1) is 13.1 Å². The highest BCUT2D eigenvalue weighted by Gasteiger charge is 2.27. The molecule has 0 aliphatic carbocycles. The van der Waals surface area contributed by atoms with Crippen molar-refractivity contribution in [1.29, 1.82) is 0 Å². The molecule has 6 rings (SSSR count). The summed E-state index contributed by atoms with van der Waals surface area (Å²) in [7, 11) is 0. The Morgan fingerprint density at radius 2 is 0.926 bits per heavy atom. The number of rotatable bonds is 10. The van der Waals surface area contributed by atoms with Crippen LogP contribution >= 0.6 is 0 Å². The molecule has 4 N–H and O–H groups in total. The maximum absolute atomic E-state index is 12.7. The van der Waals surface area contributed by atoms with E-state index in [2.05, 4.69) is 0 Å². The maximum Gasteiger partial charge on any atom is 0.267 e. The minimum atomic E-state index is -0.609. The number of piperidine rings is 2. The molecule has 12 nitrogen and oxygen atoms in total. The summed E-state index contributed by atoms with van der Waals surface area (Å²) in [6.45, 7) is 2.46. The van der Waals surface area contributed by atoms with Gasteiger partial charge in [-0.1, -0.05) is 72.8 Å². The molecular weight excluding hydrogens is 688 g/mol. The summed E-state index contributed by atoms with van der Waals surface area (Å²) >= 11 is 0. The number of amides is 4. The number of nitrogens with zero attached hydrogens (tertiary/aromatic N) is 2. The van der Waals surface area contributed by atoms with Crippen molar-refractivity contribution < 1.29 is 39.1 Å². The summed E-state index contributed by atoms with van der Waals surface area (Å²) in [5.41, 5.74) is 5.93. The summed E-state index contributed by atoms with van der Waals surface area (Å²) in [5, 5.41) is 17.2. The van der Waals surface area contributed by atoms with Crippen LogP contribution in [0.1, 0.15) is 57.5 Å². The van der Waals surface area contributed by atoms with E-state index in [9.17, 15) is 19.2 Å². The minimum absolute atomic E-state index is 0.0108. The molecule has 0 radical (unpaired) electrons. The summed E-state index contributed by atoms with van der Waals surface area (Å²) in [5.74, 6) is 0.0783. The fraction of sp³-hybridized carbons (Fsp3) is 0.238. The van der Waals surface area contributed by atoms with Gasteiger partial charge in [0.2, 0.25) is 0 Å². The molecule has 0 unspecified atom stereocenters. The van der Waals surface area contributed by atoms with Crippen LogP contribution in [0.4, 0.5) is 0 Å². The molecule has 2 heterocycles. The highest BCUT2D eigenvalue weighted by atomic mass is 16.5. The molecule has 54 heavy (non-hydrogen) atoms. The topological polar surface area (TPSA) is 158 Å². The number of hydrogen-bond acceptors (Lipinski definition) is 8. The molecule has 280 valence electrons. The first-order chi connectivity index (χ1) is 26.3. The standard InChI is InChI=1S/2C21H22N2O4/c2*24-20(22-26)13-12-16-7-4-5-11-19(16)27-18-10-6-14-23(15-18)21(25)17-8-2-1-3-9-17/h2*1-5,7-9,11-13,18,26H,6,10,14-15H2,(H,22,24)/b2*13-12+/t2*18-/m10/s1. The number of carbonyl (C=O) groups is 4. The molecule has 4 aromatic carbocycles. The molecule has 2 aliphatic heterocycles. The van der Waals surface area contributed by atoms with Crippen molar-refractivity contribution in [2.24, 2.45) is 0 Å². The van der Waals surface area contributed by atoms with Crippen LogP contribution in [0.15, 0.2) is 121 Å². The highest BCUT2D eigenvalue weighted by Crippen LogP contribution is 2.26. The SMILES string of the molecule is O=C(/C=C/c1ccccc1O[C@@H]1CCCN(C(=O)c2ccccc2)C1)NO.O=C(/C=C/c1ccccc1O[C@H]1CCCN(C(=O)c2ccccc2)C1)NO. The fourth-order valence-electron chi connectivity index (χ4n) is 6.18. The first-order valence-electron chi connectivity index (χ1n) is 17.8. The van der Waals surface area contributed by atoms with E-state index >= 15 is 0 Å². The first-order valence-corrected chi connectivity index (χ1v) is 17.8. The monoisotopic (exact) mass is 732 g/mol. The summed E-state index contributed by atoms with van der Waals surface area (Å²) in [4.78, 5) is 51.4. The van der Waals surface area contributed by atoms with Crippen LogP contribution in [0.5, 0.6) is 11.5 Å². The molecule has 2 atom stereocenters. The van der Waals surface area contributed by atoms with E-state index in [1.165, 1.54) is 12.2 Å². The van der Waals surface area contributed by atoms with Gasteiger partial charge < -0.3 is 19.3 Å². The van der Waals surface area contributed by atoms with Crippen LogP contribution in [0.3, 0.4) is 0 Å². The summed E-state index contributed by atoms with van der Waals surface area (Å²) in [6, 6.07) is 33.2. The molecule has 4 aromatic rings. The van der Waals surface area contributed by atoms with E-state index in [1.54, 1.807) is 23.1 Å². The molecular formula is C42H44N4O8. The lowest BCUT2D eigenvalue weighted by molar-refractivity contribution is -0.124. The van der Waals surface area contributed by atoms with Crippen LogP contribution in [0.25, 0.3) is 12.2 Å². The molecule has 4 amide bonds. The van der Waals surface area contributed by atoms with E-state index < -0.39 is 11.8 Å². The van der Waals surface area contributed by atoms with E-state index in [0.29, 0.717) is 48.8 Å². The van der Waals surface area contributed by atoms with Crippen LogP contribution in [0, 0.1) is 0 Å². The van der Waals surface area contributed by atoms with Crippen LogP contribution in [-0.4, -0.2) is 82.2 Å². The van der Waals surface area contributed by atoms with E-state index in [4.69, 9.17) is 19.9 Å². The van der Waals surface area contributed by atoms with Gasteiger partial charge in [-0.25, -0.2) is 11.0 Å². The molecule has 0 spiro atoms. The van der Waals surface area contributed by atoms with Gasteiger partial charge in [0.15, 0.2) is 0 Å². The average Bonchev–Trinajstić information content (AvgIpc) is 3.23. The Bertz CT molecular complexity index is 1780. The zero-order chi connectivity index (χ0) is 38.1. The van der Waals surface area contributed by atoms with E-state index in [0.717, 1.165) is 36.8 Å².